The topological polar surface area (TPSA) is 62.1 Å². The van der Waals surface area contributed by atoms with Crippen LogP contribution in [-0.4, -0.2) is 12.5 Å². The molecule has 35 heavy (non-hydrogen) atoms. The molecule has 0 aliphatic carbocycles. The second kappa shape index (κ2) is 12.2. The minimum absolute atomic E-state index is 0.0879. The lowest BCUT2D eigenvalue weighted by atomic mass is 10.1. The van der Waals surface area contributed by atoms with E-state index in [0.29, 0.717) is 13.2 Å². The number of nitrogens with one attached hydrogen (secondary N) is 1. The van der Waals surface area contributed by atoms with E-state index in [9.17, 15) is 10.1 Å². The van der Waals surface area contributed by atoms with Crippen molar-refractivity contribution in [2.45, 2.75) is 19.4 Å². The Labute approximate surface area is 219 Å². The van der Waals surface area contributed by atoms with Gasteiger partial charge in [-0.3, -0.25) is 4.79 Å². The Hall–Kier alpha value is -3.63. The fourth-order valence-electron chi connectivity index (χ4n) is 3.85. The lowest BCUT2D eigenvalue weighted by molar-refractivity contribution is -0.117. The minimum Gasteiger partial charge on any atom is -0.488 e. The highest BCUT2D eigenvalue weighted by Gasteiger charge is 2.10. The van der Waals surface area contributed by atoms with Gasteiger partial charge in [0.25, 0.3) is 5.91 Å². The molecule has 0 saturated heterocycles. The number of fused-ring (bicyclic) bond motifs is 1. The molecule has 0 spiro atoms. The Morgan fingerprint density at radius 1 is 0.971 bits per heavy atom. The van der Waals surface area contributed by atoms with Crippen molar-refractivity contribution in [3.8, 4) is 11.8 Å². The third-order valence-electron chi connectivity index (χ3n) is 5.67. The van der Waals surface area contributed by atoms with Crippen molar-refractivity contribution < 1.29 is 9.53 Å². The molecule has 4 nitrogen and oxygen atoms in total. The van der Waals surface area contributed by atoms with Crippen LogP contribution in [-0.2, 0) is 17.8 Å². The van der Waals surface area contributed by atoms with E-state index < -0.39 is 0 Å². The molecule has 174 valence electrons. The van der Waals surface area contributed by atoms with Gasteiger partial charge in [-0.1, -0.05) is 78.9 Å². The zero-order chi connectivity index (χ0) is 24.5. The maximum absolute atomic E-state index is 12.5. The molecule has 0 unspecified atom stereocenters. The first kappa shape index (κ1) is 24.5. The highest BCUT2D eigenvalue weighted by Crippen LogP contribution is 2.26. The Morgan fingerprint density at radius 2 is 1.74 bits per heavy atom. The van der Waals surface area contributed by atoms with Gasteiger partial charge in [0.2, 0.25) is 0 Å². The zero-order valence-corrected chi connectivity index (χ0v) is 21.4. The monoisotopic (exact) mass is 572 g/mol. The third-order valence-corrected chi connectivity index (χ3v) is 6.51. The minimum atomic E-state index is -0.355. The van der Waals surface area contributed by atoms with Crippen molar-refractivity contribution in [1.82, 2.24) is 5.32 Å². The molecule has 4 rings (SSSR count). The normalized spacial score (nSPS) is 11.1. The molecular formula is C30H25IN2O2. The summed E-state index contributed by atoms with van der Waals surface area (Å²) in [6.45, 7) is 0.979. The molecule has 0 aliphatic heterocycles. The molecule has 4 aromatic carbocycles. The molecule has 0 atom stereocenters. The first-order valence-corrected chi connectivity index (χ1v) is 12.5. The lowest BCUT2D eigenvalue weighted by Gasteiger charge is -2.11. The highest BCUT2D eigenvalue weighted by molar-refractivity contribution is 14.1. The average Bonchev–Trinajstić information content (AvgIpc) is 2.89. The first-order valence-electron chi connectivity index (χ1n) is 11.5. The highest BCUT2D eigenvalue weighted by atomic mass is 127. The van der Waals surface area contributed by atoms with Crippen molar-refractivity contribution >= 4 is 45.3 Å². The third kappa shape index (κ3) is 6.71. The molecule has 0 radical (unpaired) electrons. The van der Waals surface area contributed by atoms with Gasteiger partial charge in [-0.05, 0) is 81.1 Å². The summed E-state index contributed by atoms with van der Waals surface area (Å²) in [4.78, 5) is 12.5. The van der Waals surface area contributed by atoms with Crippen LogP contribution in [0.15, 0.2) is 96.6 Å². The van der Waals surface area contributed by atoms with Crippen molar-refractivity contribution in [2.24, 2.45) is 0 Å². The Kier molecular flexibility index (Phi) is 8.53. The molecule has 5 heteroatoms. The quantitative estimate of drug-likeness (QED) is 0.105. The fourth-order valence-corrected chi connectivity index (χ4v) is 4.54. The fraction of sp³-hybridized carbons (Fsp3) is 0.133. The molecule has 0 heterocycles. The number of nitriles is 1. The van der Waals surface area contributed by atoms with E-state index in [2.05, 4.69) is 64.3 Å². The SMILES string of the molecule is N#C/C(=C/c1ccc(OCc2cccc3ccccc23)c(I)c1)C(=O)NCCCc1ccccc1. The number of carbonyl (C=O) groups excluding carboxylic acids is 1. The smallest absolute Gasteiger partial charge is 0.261 e. The molecule has 0 fully saturated rings. The summed E-state index contributed by atoms with van der Waals surface area (Å²) in [5.74, 6) is 0.409. The second-order valence-electron chi connectivity index (χ2n) is 8.13. The number of benzene rings is 4. The standard InChI is InChI=1S/C30H25IN2O2/c31-28-19-23(18-26(20-32)30(34)33-17-7-10-22-8-2-1-3-9-22)15-16-29(28)35-21-25-13-6-12-24-11-4-5-14-27(24)25/h1-6,8-9,11-16,18-19H,7,10,17,21H2,(H,33,34)/b26-18-. The number of nitrogens with zero attached hydrogens (tertiary/aromatic N) is 1. The van der Waals surface area contributed by atoms with E-state index in [1.807, 2.05) is 60.7 Å². The molecular weight excluding hydrogens is 547 g/mol. The van der Waals surface area contributed by atoms with E-state index in [1.165, 1.54) is 16.3 Å². The van der Waals surface area contributed by atoms with Crippen LogP contribution >= 0.6 is 22.6 Å². The van der Waals surface area contributed by atoms with Crippen LogP contribution in [0, 0.1) is 14.9 Å². The molecule has 0 aliphatic rings. The number of amides is 1. The number of hydrogen-bond donors (Lipinski definition) is 1. The first-order chi connectivity index (χ1) is 17.1. The molecule has 0 saturated carbocycles. The maximum Gasteiger partial charge on any atom is 0.261 e. The van der Waals surface area contributed by atoms with Gasteiger partial charge >= 0.3 is 0 Å². The number of ether oxygens (including phenoxy) is 1. The molecule has 0 bridgehead atoms. The van der Waals surface area contributed by atoms with Crippen LogP contribution in [0.4, 0.5) is 0 Å². The van der Waals surface area contributed by atoms with Crippen LogP contribution in [0.25, 0.3) is 16.8 Å². The van der Waals surface area contributed by atoms with Gasteiger partial charge in [-0.15, -0.1) is 0 Å². The number of aryl methyl sites for hydroxylation is 1. The van der Waals surface area contributed by atoms with Crippen molar-refractivity contribution in [3.05, 3.63) is 117 Å². The zero-order valence-electron chi connectivity index (χ0n) is 19.2. The summed E-state index contributed by atoms with van der Waals surface area (Å²) in [6.07, 6.45) is 3.31. The van der Waals surface area contributed by atoms with Gasteiger partial charge in [0.15, 0.2) is 0 Å². The van der Waals surface area contributed by atoms with E-state index in [1.54, 1.807) is 6.08 Å². The van der Waals surface area contributed by atoms with Gasteiger partial charge in [-0.2, -0.15) is 5.26 Å². The Balaban J connectivity index is 1.36. The molecule has 4 aromatic rings. The van der Waals surface area contributed by atoms with E-state index >= 15 is 0 Å². The van der Waals surface area contributed by atoms with Crippen molar-refractivity contribution in [3.63, 3.8) is 0 Å². The van der Waals surface area contributed by atoms with Gasteiger partial charge in [0.1, 0.15) is 24.0 Å². The molecule has 0 aromatic heterocycles. The summed E-state index contributed by atoms with van der Waals surface area (Å²) in [7, 11) is 0. The predicted molar refractivity (Wildman–Crippen MR) is 149 cm³/mol. The van der Waals surface area contributed by atoms with Crippen LogP contribution in [0.1, 0.15) is 23.1 Å². The summed E-state index contributed by atoms with van der Waals surface area (Å²) < 4.78 is 7.01. The Morgan fingerprint density at radius 3 is 2.54 bits per heavy atom. The lowest BCUT2D eigenvalue weighted by Crippen LogP contribution is -2.25. The van der Waals surface area contributed by atoms with E-state index in [-0.39, 0.29) is 11.5 Å². The van der Waals surface area contributed by atoms with Gasteiger partial charge in [0.05, 0.1) is 3.57 Å². The number of carbonyl (C=O) groups is 1. The summed E-state index contributed by atoms with van der Waals surface area (Å²) in [5, 5.41) is 14.7. The summed E-state index contributed by atoms with van der Waals surface area (Å²) >= 11 is 2.22. The average molecular weight is 572 g/mol. The Bertz CT molecular complexity index is 1390. The van der Waals surface area contributed by atoms with E-state index in [0.717, 1.165) is 33.3 Å². The van der Waals surface area contributed by atoms with Crippen molar-refractivity contribution in [2.75, 3.05) is 6.54 Å². The van der Waals surface area contributed by atoms with Gasteiger partial charge < -0.3 is 10.1 Å². The number of halogens is 1. The summed E-state index contributed by atoms with van der Waals surface area (Å²) in [6, 6.07) is 32.3. The van der Waals surface area contributed by atoms with Gasteiger partial charge in [0, 0.05) is 6.54 Å². The van der Waals surface area contributed by atoms with E-state index in [4.69, 9.17) is 4.74 Å². The number of hydrogen-bond acceptors (Lipinski definition) is 3. The van der Waals surface area contributed by atoms with Crippen LogP contribution < -0.4 is 10.1 Å². The maximum atomic E-state index is 12.5. The predicted octanol–water partition coefficient (Wildman–Crippen LogP) is 6.68. The van der Waals surface area contributed by atoms with Gasteiger partial charge in [-0.25, -0.2) is 0 Å². The van der Waals surface area contributed by atoms with Crippen LogP contribution in [0.2, 0.25) is 0 Å². The second-order valence-corrected chi connectivity index (χ2v) is 9.29. The molecule has 1 amide bonds. The van der Waals surface area contributed by atoms with Crippen LogP contribution in [0.5, 0.6) is 5.75 Å². The molecule has 1 N–H and O–H groups in total. The van der Waals surface area contributed by atoms with Crippen LogP contribution in [0.3, 0.4) is 0 Å². The van der Waals surface area contributed by atoms with Crippen molar-refractivity contribution in [1.29, 1.82) is 5.26 Å². The summed E-state index contributed by atoms with van der Waals surface area (Å²) in [5.41, 5.74) is 3.22. The number of rotatable bonds is 9. The largest absolute Gasteiger partial charge is 0.488 e.